The molecule has 1 N–H and O–H groups in total. The zero-order valence-electron chi connectivity index (χ0n) is 12.4. The maximum atomic E-state index is 12.3. The van der Waals surface area contributed by atoms with Crippen molar-refractivity contribution in [1.82, 2.24) is 0 Å². The van der Waals surface area contributed by atoms with Gasteiger partial charge in [-0.2, -0.15) is 5.26 Å². The summed E-state index contributed by atoms with van der Waals surface area (Å²) in [5, 5.41) is 19.6. The number of furan rings is 1. The molecule has 1 heterocycles. The number of carbonyl (C=O) groups excluding carboxylic acids is 1. The number of rotatable bonds is 3. The van der Waals surface area contributed by atoms with Gasteiger partial charge in [-0.25, -0.2) is 0 Å². The van der Waals surface area contributed by atoms with Crippen molar-refractivity contribution in [2.24, 2.45) is 0 Å². The molecule has 0 spiro atoms. The lowest BCUT2D eigenvalue weighted by molar-refractivity contribution is 0.104. The van der Waals surface area contributed by atoms with E-state index in [0.717, 1.165) is 11.1 Å². The Bertz CT molecular complexity index is 957. The molecule has 0 atom stereocenters. The molecule has 23 heavy (non-hydrogen) atoms. The van der Waals surface area contributed by atoms with Crippen LogP contribution in [-0.4, -0.2) is 10.9 Å². The molecule has 1 aromatic heterocycles. The molecule has 112 valence electrons. The van der Waals surface area contributed by atoms with Crippen molar-refractivity contribution in [2.75, 3.05) is 0 Å². The van der Waals surface area contributed by atoms with Crippen LogP contribution in [-0.2, 0) is 0 Å². The molecule has 0 saturated heterocycles. The third kappa shape index (κ3) is 2.72. The van der Waals surface area contributed by atoms with E-state index in [0.29, 0.717) is 16.5 Å². The number of benzene rings is 2. The van der Waals surface area contributed by atoms with E-state index in [-0.39, 0.29) is 17.1 Å². The van der Waals surface area contributed by atoms with E-state index in [2.05, 4.69) is 0 Å². The molecule has 0 fully saturated rings. The molecule has 0 amide bonds. The number of aryl methyl sites for hydroxylation is 1. The van der Waals surface area contributed by atoms with Gasteiger partial charge < -0.3 is 9.52 Å². The normalized spacial score (nSPS) is 11.0. The smallest absolute Gasteiger partial charge is 0.189 e. The highest BCUT2D eigenvalue weighted by molar-refractivity contribution is 6.11. The summed E-state index contributed by atoms with van der Waals surface area (Å²) in [4.78, 5) is 12.3. The maximum absolute atomic E-state index is 12.3. The number of hydrogen-bond acceptors (Lipinski definition) is 4. The van der Waals surface area contributed by atoms with Gasteiger partial charge in [-0.15, -0.1) is 0 Å². The summed E-state index contributed by atoms with van der Waals surface area (Å²) in [7, 11) is 0. The SMILES string of the molecule is Cc1coc2ccc(C(=O)C=Cc3ccc(C#N)cc3)c(O)c12. The molecular formula is C19H13NO3. The molecule has 3 rings (SSSR count). The van der Waals surface area contributed by atoms with Gasteiger partial charge >= 0.3 is 0 Å². The lowest BCUT2D eigenvalue weighted by Crippen LogP contribution is -1.95. The number of nitrogens with zero attached hydrogens (tertiary/aromatic N) is 1. The fourth-order valence-corrected chi connectivity index (χ4v) is 2.39. The van der Waals surface area contributed by atoms with E-state index in [4.69, 9.17) is 9.68 Å². The number of nitriles is 1. The minimum atomic E-state index is -0.297. The van der Waals surface area contributed by atoms with Crippen LogP contribution in [0.25, 0.3) is 17.0 Å². The summed E-state index contributed by atoms with van der Waals surface area (Å²) in [5.74, 6) is -0.363. The Morgan fingerprint density at radius 3 is 2.65 bits per heavy atom. The van der Waals surface area contributed by atoms with E-state index in [1.54, 1.807) is 48.7 Å². The molecule has 0 saturated carbocycles. The minimum Gasteiger partial charge on any atom is -0.506 e. The number of ketones is 1. The third-order valence-corrected chi connectivity index (χ3v) is 3.63. The molecule has 3 aromatic rings. The lowest BCUT2D eigenvalue weighted by atomic mass is 10.0. The molecule has 0 aliphatic carbocycles. The first-order chi connectivity index (χ1) is 11.1. The van der Waals surface area contributed by atoms with Crippen LogP contribution in [0.4, 0.5) is 0 Å². The maximum Gasteiger partial charge on any atom is 0.189 e. The number of hydrogen-bond donors (Lipinski definition) is 1. The van der Waals surface area contributed by atoms with Crippen LogP contribution in [0, 0.1) is 18.3 Å². The average Bonchev–Trinajstić information content (AvgIpc) is 2.95. The second kappa shape index (κ2) is 5.82. The largest absolute Gasteiger partial charge is 0.506 e. The highest BCUT2D eigenvalue weighted by Crippen LogP contribution is 2.33. The molecule has 4 heteroatoms. The Balaban J connectivity index is 1.91. The van der Waals surface area contributed by atoms with Crippen LogP contribution in [0.5, 0.6) is 5.75 Å². The first-order valence-electron chi connectivity index (χ1n) is 7.02. The van der Waals surface area contributed by atoms with Crippen molar-refractivity contribution < 1.29 is 14.3 Å². The lowest BCUT2D eigenvalue weighted by Gasteiger charge is -2.02. The van der Waals surface area contributed by atoms with Gasteiger partial charge in [-0.1, -0.05) is 18.2 Å². The Morgan fingerprint density at radius 2 is 1.96 bits per heavy atom. The standard InChI is InChI=1S/C19H13NO3/c1-12-11-23-17-9-7-15(19(22)18(12)17)16(21)8-6-13-2-4-14(10-20)5-3-13/h2-9,11,22H,1H3. The average molecular weight is 303 g/mol. The summed E-state index contributed by atoms with van der Waals surface area (Å²) in [6, 6.07) is 12.1. The summed E-state index contributed by atoms with van der Waals surface area (Å²) < 4.78 is 5.30. The van der Waals surface area contributed by atoms with Gasteiger partial charge in [0.1, 0.15) is 11.3 Å². The molecule has 2 aromatic carbocycles. The topological polar surface area (TPSA) is 74.2 Å². The van der Waals surface area contributed by atoms with Gasteiger partial charge in [0, 0.05) is 0 Å². The van der Waals surface area contributed by atoms with Crippen molar-refractivity contribution in [1.29, 1.82) is 5.26 Å². The predicted octanol–water partition coefficient (Wildman–Crippen LogP) is 4.21. The third-order valence-electron chi connectivity index (χ3n) is 3.63. The molecule has 0 radical (unpaired) electrons. The van der Waals surface area contributed by atoms with Crippen LogP contribution in [0.1, 0.15) is 27.0 Å². The number of fused-ring (bicyclic) bond motifs is 1. The quantitative estimate of drug-likeness (QED) is 0.581. The zero-order chi connectivity index (χ0) is 16.4. The van der Waals surface area contributed by atoms with Gasteiger partial charge in [-0.3, -0.25) is 4.79 Å². The number of phenols is 1. The molecule has 0 aliphatic heterocycles. The van der Waals surface area contributed by atoms with E-state index < -0.39 is 0 Å². The first-order valence-corrected chi connectivity index (χ1v) is 7.02. The highest BCUT2D eigenvalue weighted by atomic mass is 16.3. The van der Waals surface area contributed by atoms with Gasteiger partial charge in [0.2, 0.25) is 0 Å². The van der Waals surface area contributed by atoms with Crippen LogP contribution in [0.3, 0.4) is 0 Å². The van der Waals surface area contributed by atoms with Crippen LogP contribution in [0.2, 0.25) is 0 Å². The van der Waals surface area contributed by atoms with Crippen molar-refractivity contribution in [3.8, 4) is 11.8 Å². The molecular weight excluding hydrogens is 290 g/mol. The van der Waals surface area contributed by atoms with Gasteiger partial charge in [0.25, 0.3) is 0 Å². The van der Waals surface area contributed by atoms with Crippen molar-refractivity contribution in [2.45, 2.75) is 6.92 Å². The van der Waals surface area contributed by atoms with Crippen LogP contribution >= 0.6 is 0 Å². The zero-order valence-corrected chi connectivity index (χ0v) is 12.4. The molecule has 0 unspecified atom stereocenters. The van der Waals surface area contributed by atoms with Gasteiger partial charge in [0.05, 0.1) is 28.8 Å². The Labute approximate surface area is 132 Å². The first kappa shape index (κ1) is 14.6. The number of aromatic hydroxyl groups is 1. The van der Waals surface area contributed by atoms with Gasteiger partial charge in [0.15, 0.2) is 5.78 Å². The summed E-state index contributed by atoms with van der Waals surface area (Å²) >= 11 is 0. The Kier molecular flexibility index (Phi) is 3.70. The Morgan fingerprint density at radius 1 is 1.22 bits per heavy atom. The monoisotopic (exact) mass is 303 g/mol. The fourth-order valence-electron chi connectivity index (χ4n) is 2.39. The fraction of sp³-hybridized carbons (Fsp3) is 0.0526. The van der Waals surface area contributed by atoms with E-state index in [1.807, 2.05) is 13.0 Å². The highest BCUT2D eigenvalue weighted by Gasteiger charge is 2.15. The summed E-state index contributed by atoms with van der Waals surface area (Å²) in [6.45, 7) is 1.81. The molecule has 0 bridgehead atoms. The second-order valence-electron chi connectivity index (χ2n) is 5.18. The Hall–Kier alpha value is -3.32. The van der Waals surface area contributed by atoms with Crippen molar-refractivity contribution in [3.63, 3.8) is 0 Å². The van der Waals surface area contributed by atoms with Crippen LogP contribution < -0.4 is 0 Å². The second-order valence-corrected chi connectivity index (χ2v) is 5.18. The number of allylic oxidation sites excluding steroid dienone is 1. The summed E-state index contributed by atoms with van der Waals surface area (Å²) in [6.07, 6.45) is 4.60. The molecule has 4 nitrogen and oxygen atoms in total. The van der Waals surface area contributed by atoms with Crippen molar-refractivity contribution >= 4 is 22.8 Å². The minimum absolute atomic E-state index is 0.0665. The van der Waals surface area contributed by atoms with E-state index in [1.165, 1.54) is 6.08 Å². The van der Waals surface area contributed by atoms with E-state index in [9.17, 15) is 9.90 Å². The predicted molar refractivity (Wildman–Crippen MR) is 87.1 cm³/mol. The summed E-state index contributed by atoms with van der Waals surface area (Å²) in [5.41, 5.74) is 2.92. The van der Waals surface area contributed by atoms with Gasteiger partial charge in [-0.05, 0) is 48.4 Å². The molecule has 0 aliphatic rings. The van der Waals surface area contributed by atoms with E-state index >= 15 is 0 Å². The number of carbonyl (C=O) groups is 1. The van der Waals surface area contributed by atoms with Crippen LogP contribution in [0.15, 0.2) is 53.2 Å². The van der Waals surface area contributed by atoms with Crippen molar-refractivity contribution in [3.05, 3.63) is 71.0 Å². The number of phenolic OH excluding ortho intramolecular Hbond substituents is 1.